The number of ether oxygens (including phenoxy) is 1. The zero-order valence-electron chi connectivity index (χ0n) is 55.8. The van der Waals surface area contributed by atoms with E-state index < -0.39 is 12.1 Å². The molecule has 1 amide bonds. The van der Waals surface area contributed by atoms with Crippen LogP contribution < -0.4 is 5.32 Å². The quantitative estimate of drug-likeness (QED) is 0.0320. The van der Waals surface area contributed by atoms with Gasteiger partial charge in [0.15, 0.2) is 0 Å². The van der Waals surface area contributed by atoms with Crippen molar-refractivity contribution in [1.29, 1.82) is 0 Å². The molecule has 0 saturated heterocycles. The molecule has 3 N–H and O–H groups in total. The molecular formula is C76H147NO5. The third-order valence-corrected chi connectivity index (χ3v) is 17.8. The van der Waals surface area contributed by atoms with E-state index in [2.05, 4.69) is 43.5 Å². The molecule has 0 spiro atoms. The lowest BCUT2D eigenvalue weighted by molar-refractivity contribution is -0.143. The van der Waals surface area contributed by atoms with Crippen LogP contribution >= 0.6 is 0 Å². The summed E-state index contributed by atoms with van der Waals surface area (Å²) >= 11 is 0. The van der Waals surface area contributed by atoms with Crippen LogP contribution in [0.4, 0.5) is 0 Å². The fraction of sp³-hybridized carbons (Fsp3) is 0.921. The first-order valence-corrected chi connectivity index (χ1v) is 37.6. The van der Waals surface area contributed by atoms with Crippen molar-refractivity contribution in [2.75, 3.05) is 13.2 Å². The Kier molecular flexibility index (Phi) is 70.4. The maximum Gasteiger partial charge on any atom is 0.305 e. The van der Waals surface area contributed by atoms with Crippen LogP contribution in [0, 0.1) is 0 Å². The van der Waals surface area contributed by atoms with E-state index >= 15 is 0 Å². The minimum absolute atomic E-state index is 0.0291. The second-order valence-electron chi connectivity index (χ2n) is 26.0. The van der Waals surface area contributed by atoms with E-state index in [1.807, 2.05) is 0 Å². The van der Waals surface area contributed by atoms with Crippen molar-refractivity contribution in [2.45, 2.75) is 437 Å². The monoisotopic (exact) mass is 1150 g/mol. The molecule has 0 bridgehead atoms. The van der Waals surface area contributed by atoms with Gasteiger partial charge in [-0.05, 0) is 44.9 Å². The van der Waals surface area contributed by atoms with Crippen molar-refractivity contribution in [3.05, 3.63) is 24.3 Å². The summed E-state index contributed by atoms with van der Waals surface area (Å²) < 4.78 is 5.45. The van der Waals surface area contributed by atoms with Crippen LogP contribution in [0.15, 0.2) is 24.3 Å². The second kappa shape index (κ2) is 71.8. The van der Waals surface area contributed by atoms with Crippen molar-refractivity contribution >= 4 is 11.9 Å². The fourth-order valence-corrected chi connectivity index (χ4v) is 12.1. The first-order chi connectivity index (χ1) is 40.5. The Hall–Kier alpha value is -1.66. The van der Waals surface area contributed by atoms with Gasteiger partial charge in [-0.25, -0.2) is 0 Å². The fourth-order valence-electron chi connectivity index (χ4n) is 12.1. The lowest BCUT2D eigenvalue weighted by Crippen LogP contribution is -2.45. The molecule has 0 aliphatic carbocycles. The number of nitrogens with one attached hydrogen (secondary N) is 1. The summed E-state index contributed by atoms with van der Waals surface area (Å²) in [6.45, 7) is 4.90. The highest BCUT2D eigenvalue weighted by Gasteiger charge is 2.20. The third kappa shape index (κ3) is 67.5. The highest BCUT2D eigenvalue weighted by atomic mass is 16.5. The summed E-state index contributed by atoms with van der Waals surface area (Å²) in [7, 11) is 0. The van der Waals surface area contributed by atoms with Gasteiger partial charge in [0.25, 0.3) is 0 Å². The molecule has 0 heterocycles. The van der Waals surface area contributed by atoms with Gasteiger partial charge in [0.05, 0.1) is 25.4 Å². The van der Waals surface area contributed by atoms with E-state index in [9.17, 15) is 19.8 Å². The molecule has 0 aliphatic heterocycles. The molecule has 0 aromatic rings. The summed E-state index contributed by atoms with van der Waals surface area (Å²) in [5, 5.41) is 23.5. The van der Waals surface area contributed by atoms with Crippen molar-refractivity contribution in [3.8, 4) is 0 Å². The number of hydrogen-bond acceptors (Lipinski definition) is 5. The summed E-state index contributed by atoms with van der Waals surface area (Å²) in [4.78, 5) is 24.7. The SMILES string of the molecule is CCCCCCCCCCCCCCCCCCCCCCCCCCCC(O)C(CO)NC(=O)CCCCCCCCCCCCCCCC/C=C\C/C=C\CCOC(=O)CCCCCCCCCCCCCCCCCCCCC. The van der Waals surface area contributed by atoms with E-state index in [4.69, 9.17) is 4.74 Å². The first kappa shape index (κ1) is 80.3. The number of aliphatic hydroxyl groups is 2. The maximum atomic E-state index is 12.6. The number of amides is 1. The van der Waals surface area contributed by atoms with E-state index in [1.165, 1.54) is 340 Å². The van der Waals surface area contributed by atoms with Crippen LogP contribution in [-0.4, -0.2) is 47.4 Å². The molecule has 0 rings (SSSR count). The van der Waals surface area contributed by atoms with E-state index in [0.717, 1.165) is 51.4 Å². The van der Waals surface area contributed by atoms with Crippen molar-refractivity contribution in [2.24, 2.45) is 0 Å². The number of unbranched alkanes of at least 4 members (excludes halogenated alkanes) is 56. The van der Waals surface area contributed by atoms with Crippen LogP contribution in [0.2, 0.25) is 0 Å². The predicted molar refractivity (Wildman–Crippen MR) is 361 cm³/mol. The molecule has 0 aliphatic rings. The molecule has 6 nitrogen and oxygen atoms in total. The minimum Gasteiger partial charge on any atom is -0.465 e. The molecule has 0 aromatic heterocycles. The number of hydrogen-bond donors (Lipinski definition) is 3. The topological polar surface area (TPSA) is 95.9 Å². The Balaban J connectivity index is 3.42. The number of carbonyl (C=O) groups excluding carboxylic acids is 2. The standard InChI is InChI=1S/C76H147NO5/c1-3-5-7-9-11-13-15-17-19-21-23-24-25-26-27-29-33-36-40-44-48-52-56-60-64-68-74(79)73(72-78)77-75(80)69-65-61-57-53-49-45-41-37-34-30-28-31-35-39-43-47-51-55-59-63-67-71-82-76(81)70-66-62-58-54-50-46-42-38-32-22-20-18-16-14-12-10-8-6-4-2/h47,51,59,63,73-74,78-79H,3-46,48-50,52-58,60-62,64-72H2,1-2H3,(H,77,80)/b51-47-,63-59-. The molecule has 6 heteroatoms. The van der Waals surface area contributed by atoms with Gasteiger partial charge in [-0.2, -0.15) is 0 Å². The highest BCUT2D eigenvalue weighted by molar-refractivity contribution is 5.76. The molecular weight excluding hydrogens is 1010 g/mol. The van der Waals surface area contributed by atoms with Crippen molar-refractivity contribution in [1.82, 2.24) is 5.32 Å². The van der Waals surface area contributed by atoms with Crippen molar-refractivity contribution in [3.63, 3.8) is 0 Å². The van der Waals surface area contributed by atoms with Crippen LogP contribution in [0.5, 0.6) is 0 Å². The zero-order chi connectivity index (χ0) is 59.2. The van der Waals surface area contributed by atoms with Crippen LogP contribution in [-0.2, 0) is 14.3 Å². The Labute approximate surface area is 513 Å². The number of allylic oxidation sites excluding steroid dienone is 3. The normalized spacial score (nSPS) is 12.6. The van der Waals surface area contributed by atoms with Crippen LogP contribution in [0.1, 0.15) is 425 Å². The highest BCUT2D eigenvalue weighted by Crippen LogP contribution is 2.20. The van der Waals surface area contributed by atoms with E-state index in [0.29, 0.717) is 25.9 Å². The molecule has 0 aromatic carbocycles. The number of aliphatic hydroxyl groups excluding tert-OH is 2. The van der Waals surface area contributed by atoms with Gasteiger partial charge in [-0.1, -0.05) is 391 Å². The van der Waals surface area contributed by atoms with Crippen molar-refractivity contribution < 1.29 is 24.5 Å². The summed E-state index contributed by atoms with van der Waals surface area (Å²) in [6, 6.07) is -0.547. The van der Waals surface area contributed by atoms with Gasteiger partial charge in [-0.15, -0.1) is 0 Å². The largest absolute Gasteiger partial charge is 0.465 e. The molecule has 0 fully saturated rings. The molecule has 486 valence electrons. The molecule has 0 saturated carbocycles. The Morgan fingerprint density at radius 3 is 0.927 bits per heavy atom. The van der Waals surface area contributed by atoms with Gasteiger partial charge < -0.3 is 20.3 Å². The summed E-state index contributed by atoms with van der Waals surface area (Å²) in [6.07, 6.45) is 91.1. The van der Waals surface area contributed by atoms with Gasteiger partial charge in [-0.3, -0.25) is 9.59 Å². The maximum absolute atomic E-state index is 12.6. The summed E-state index contributed by atoms with van der Waals surface area (Å²) in [5.41, 5.74) is 0. The predicted octanol–water partition coefficient (Wildman–Crippen LogP) is 24.5. The van der Waals surface area contributed by atoms with E-state index in [-0.39, 0.29) is 18.5 Å². The van der Waals surface area contributed by atoms with Gasteiger partial charge in [0.1, 0.15) is 0 Å². The lowest BCUT2D eigenvalue weighted by Gasteiger charge is -2.22. The van der Waals surface area contributed by atoms with Gasteiger partial charge in [0.2, 0.25) is 5.91 Å². The zero-order valence-corrected chi connectivity index (χ0v) is 55.8. The molecule has 82 heavy (non-hydrogen) atoms. The first-order valence-electron chi connectivity index (χ1n) is 37.6. The van der Waals surface area contributed by atoms with Gasteiger partial charge >= 0.3 is 5.97 Å². The number of carbonyl (C=O) groups is 2. The molecule has 2 atom stereocenters. The average molecular weight is 1160 g/mol. The number of esters is 1. The second-order valence-corrected chi connectivity index (χ2v) is 26.0. The smallest absolute Gasteiger partial charge is 0.305 e. The Morgan fingerprint density at radius 1 is 0.341 bits per heavy atom. The van der Waals surface area contributed by atoms with Gasteiger partial charge in [0, 0.05) is 12.8 Å². The van der Waals surface area contributed by atoms with Crippen LogP contribution in [0.25, 0.3) is 0 Å². The Bertz CT molecular complexity index is 1280. The minimum atomic E-state index is -0.670. The number of rotatable bonds is 71. The van der Waals surface area contributed by atoms with E-state index in [1.54, 1.807) is 0 Å². The molecule has 2 unspecified atom stereocenters. The lowest BCUT2D eigenvalue weighted by atomic mass is 10.0. The summed E-state index contributed by atoms with van der Waals surface area (Å²) in [5.74, 6) is -0.0635. The van der Waals surface area contributed by atoms with Crippen LogP contribution in [0.3, 0.4) is 0 Å². The molecule has 0 radical (unpaired) electrons. The average Bonchev–Trinajstić information content (AvgIpc) is 3.48. The third-order valence-electron chi connectivity index (χ3n) is 17.8. The Morgan fingerprint density at radius 2 is 0.610 bits per heavy atom.